The number of ether oxygens (including phenoxy) is 1. The van der Waals surface area contributed by atoms with Crippen molar-refractivity contribution in [2.45, 2.75) is 13.8 Å². The van der Waals surface area contributed by atoms with Crippen LogP contribution >= 0.6 is 15.9 Å². The summed E-state index contributed by atoms with van der Waals surface area (Å²) in [5, 5.41) is 0. The topological polar surface area (TPSA) is 26.3 Å². The number of carbonyl (C=O) groups is 1. The van der Waals surface area contributed by atoms with Gasteiger partial charge in [-0.2, -0.15) is 0 Å². The molecule has 0 saturated carbocycles. The van der Waals surface area contributed by atoms with Crippen LogP contribution in [0.3, 0.4) is 0 Å². The van der Waals surface area contributed by atoms with Gasteiger partial charge in [0.25, 0.3) is 0 Å². The molecule has 0 radical (unpaired) electrons. The molecule has 94 valence electrons. The fraction of sp³-hybridized carbons (Fsp3) is 0.214. The quantitative estimate of drug-likeness (QED) is 0.618. The Bertz CT molecular complexity index is 533. The molecule has 0 saturated heterocycles. The molecule has 0 aromatic heterocycles. The Hall–Kier alpha value is -1.78. The van der Waals surface area contributed by atoms with Crippen molar-refractivity contribution >= 4 is 22.2 Å². The zero-order valence-corrected chi connectivity index (χ0v) is 11.9. The SMILES string of the molecule is C#CC#CC.COc1cc(C=O)c(Br)c(F)c1C. The molecule has 18 heavy (non-hydrogen) atoms. The highest BCUT2D eigenvalue weighted by Crippen LogP contribution is 2.29. The van der Waals surface area contributed by atoms with Crippen LogP contribution in [0.4, 0.5) is 4.39 Å². The van der Waals surface area contributed by atoms with Crippen LogP contribution in [0.1, 0.15) is 22.8 Å². The molecule has 0 aliphatic heterocycles. The van der Waals surface area contributed by atoms with Crippen LogP contribution in [0.25, 0.3) is 0 Å². The van der Waals surface area contributed by atoms with Gasteiger partial charge in [-0.3, -0.25) is 4.79 Å². The molecular weight excluding hydrogens is 299 g/mol. The fourth-order valence-electron chi connectivity index (χ4n) is 1.08. The molecule has 0 heterocycles. The first-order valence-electron chi connectivity index (χ1n) is 4.88. The van der Waals surface area contributed by atoms with E-state index < -0.39 is 5.82 Å². The van der Waals surface area contributed by atoms with Crippen molar-refractivity contribution in [1.82, 2.24) is 0 Å². The van der Waals surface area contributed by atoms with Crippen LogP contribution in [-0.2, 0) is 0 Å². The standard InChI is InChI=1S/C9H8BrFO2.C5H4/c1-5-7(13-2)3-6(4-12)8(10)9(5)11;1-3-5-4-2/h3-4H,1-2H3;1H,2H3. The van der Waals surface area contributed by atoms with Gasteiger partial charge in [0.15, 0.2) is 6.29 Å². The van der Waals surface area contributed by atoms with E-state index >= 15 is 0 Å². The number of rotatable bonds is 2. The third-order valence-corrected chi connectivity index (χ3v) is 2.78. The summed E-state index contributed by atoms with van der Waals surface area (Å²) in [6, 6.07) is 1.50. The Morgan fingerprint density at radius 2 is 2.17 bits per heavy atom. The van der Waals surface area contributed by atoms with Crippen molar-refractivity contribution in [1.29, 1.82) is 0 Å². The highest BCUT2D eigenvalue weighted by atomic mass is 79.9. The lowest BCUT2D eigenvalue weighted by molar-refractivity contribution is 0.112. The van der Waals surface area contributed by atoms with Gasteiger partial charge >= 0.3 is 0 Å². The number of methoxy groups -OCH3 is 1. The lowest BCUT2D eigenvalue weighted by Crippen LogP contribution is -1.96. The van der Waals surface area contributed by atoms with E-state index in [4.69, 9.17) is 11.2 Å². The van der Waals surface area contributed by atoms with Gasteiger partial charge < -0.3 is 4.74 Å². The Labute approximate surface area is 115 Å². The van der Waals surface area contributed by atoms with Gasteiger partial charge in [-0.1, -0.05) is 5.92 Å². The molecule has 1 aromatic carbocycles. The highest BCUT2D eigenvalue weighted by molar-refractivity contribution is 9.10. The van der Waals surface area contributed by atoms with E-state index in [-0.39, 0.29) is 10.0 Å². The Morgan fingerprint density at radius 3 is 2.50 bits per heavy atom. The minimum atomic E-state index is -0.457. The summed E-state index contributed by atoms with van der Waals surface area (Å²) in [7, 11) is 1.43. The minimum Gasteiger partial charge on any atom is -0.496 e. The summed E-state index contributed by atoms with van der Waals surface area (Å²) < 4.78 is 18.4. The van der Waals surface area contributed by atoms with Gasteiger partial charge in [0.1, 0.15) is 11.6 Å². The van der Waals surface area contributed by atoms with E-state index in [1.807, 2.05) is 0 Å². The maximum atomic E-state index is 13.3. The molecule has 1 rings (SSSR count). The summed E-state index contributed by atoms with van der Waals surface area (Å²) in [6.07, 6.45) is 5.29. The molecule has 0 bridgehead atoms. The Balaban J connectivity index is 0.000000494. The Morgan fingerprint density at radius 1 is 1.56 bits per heavy atom. The first kappa shape index (κ1) is 16.2. The zero-order chi connectivity index (χ0) is 14.1. The number of benzene rings is 1. The highest BCUT2D eigenvalue weighted by Gasteiger charge is 2.13. The van der Waals surface area contributed by atoms with Crippen molar-refractivity contribution in [2.24, 2.45) is 0 Å². The maximum absolute atomic E-state index is 13.3. The predicted octanol–water partition coefficient (Wildman–Crippen LogP) is 3.36. The van der Waals surface area contributed by atoms with Crippen LogP contribution in [0, 0.1) is 36.9 Å². The average molecular weight is 311 g/mol. The van der Waals surface area contributed by atoms with Gasteiger partial charge in [-0.15, -0.1) is 6.42 Å². The second-order valence-electron chi connectivity index (χ2n) is 3.06. The zero-order valence-electron chi connectivity index (χ0n) is 10.3. The molecule has 0 amide bonds. The van der Waals surface area contributed by atoms with Gasteiger partial charge in [0.2, 0.25) is 0 Å². The normalized spacial score (nSPS) is 8.00. The van der Waals surface area contributed by atoms with Gasteiger partial charge in [-0.25, -0.2) is 4.39 Å². The summed E-state index contributed by atoms with van der Waals surface area (Å²) in [6.45, 7) is 3.30. The molecule has 0 fully saturated rings. The van der Waals surface area contributed by atoms with Gasteiger partial charge in [0.05, 0.1) is 11.6 Å². The van der Waals surface area contributed by atoms with E-state index in [2.05, 4.69) is 33.7 Å². The van der Waals surface area contributed by atoms with Crippen LogP contribution in [0.15, 0.2) is 10.5 Å². The molecule has 0 unspecified atom stereocenters. The van der Waals surface area contributed by atoms with Crippen LogP contribution in [0.5, 0.6) is 5.75 Å². The number of carbonyl (C=O) groups excluding carboxylic acids is 1. The molecule has 4 heteroatoms. The van der Waals surface area contributed by atoms with Crippen molar-refractivity contribution in [2.75, 3.05) is 7.11 Å². The molecule has 0 atom stereocenters. The molecular formula is C14H12BrFO2. The average Bonchev–Trinajstić information content (AvgIpc) is 2.38. The maximum Gasteiger partial charge on any atom is 0.151 e. The third-order valence-electron chi connectivity index (χ3n) is 1.98. The molecule has 0 N–H and O–H groups in total. The van der Waals surface area contributed by atoms with Gasteiger partial charge in [-0.05, 0) is 47.7 Å². The van der Waals surface area contributed by atoms with Crippen molar-refractivity contribution in [3.8, 4) is 29.9 Å². The summed E-state index contributed by atoms with van der Waals surface area (Å²) in [5.74, 6) is 7.00. The second kappa shape index (κ2) is 8.33. The first-order chi connectivity index (χ1) is 8.53. The largest absolute Gasteiger partial charge is 0.496 e. The molecule has 0 aliphatic carbocycles. The molecule has 2 nitrogen and oxygen atoms in total. The molecule has 0 spiro atoms. The Kier molecular flexibility index (Phi) is 7.51. The smallest absolute Gasteiger partial charge is 0.151 e. The van der Waals surface area contributed by atoms with E-state index in [0.29, 0.717) is 17.6 Å². The third kappa shape index (κ3) is 4.24. The summed E-state index contributed by atoms with van der Waals surface area (Å²) in [5.41, 5.74) is 0.639. The number of hydrogen-bond acceptors (Lipinski definition) is 2. The second-order valence-corrected chi connectivity index (χ2v) is 3.85. The van der Waals surface area contributed by atoms with E-state index in [9.17, 15) is 9.18 Å². The van der Waals surface area contributed by atoms with Gasteiger partial charge in [0, 0.05) is 11.1 Å². The fourth-order valence-corrected chi connectivity index (χ4v) is 1.59. The predicted molar refractivity (Wildman–Crippen MR) is 73.1 cm³/mol. The van der Waals surface area contributed by atoms with Crippen LogP contribution in [0.2, 0.25) is 0 Å². The van der Waals surface area contributed by atoms with Crippen LogP contribution < -0.4 is 4.74 Å². The summed E-state index contributed by atoms with van der Waals surface area (Å²) >= 11 is 2.99. The number of hydrogen-bond donors (Lipinski definition) is 0. The number of halogens is 2. The monoisotopic (exact) mass is 310 g/mol. The number of terminal acetylenes is 1. The van der Waals surface area contributed by atoms with Crippen molar-refractivity contribution in [3.63, 3.8) is 0 Å². The first-order valence-corrected chi connectivity index (χ1v) is 5.67. The molecule has 1 aromatic rings. The number of aldehydes is 1. The molecule has 0 aliphatic rings. The minimum absolute atomic E-state index is 0.181. The van der Waals surface area contributed by atoms with E-state index in [1.165, 1.54) is 13.2 Å². The lowest BCUT2D eigenvalue weighted by atomic mass is 10.1. The van der Waals surface area contributed by atoms with E-state index in [1.54, 1.807) is 13.8 Å². The lowest BCUT2D eigenvalue weighted by Gasteiger charge is -2.08. The van der Waals surface area contributed by atoms with Crippen molar-refractivity contribution < 1.29 is 13.9 Å². The van der Waals surface area contributed by atoms with Crippen LogP contribution in [-0.4, -0.2) is 13.4 Å². The summed E-state index contributed by atoms with van der Waals surface area (Å²) in [4.78, 5) is 10.5. The van der Waals surface area contributed by atoms with E-state index in [0.717, 1.165) is 0 Å². The van der Waals surface area contributed by atoms with Crippen molar-refractivity contribution in [3.05, 3.63) is 27.5 Å².